The van der Waals surface area contributed by atoms with Crippen LogP contribution in [0.1, 0.15) is 44.2 Å². The van der Waals surface area contributed by atoms with E-state index in [0.717, 1.165) is 32.4 Å². The van der Waals surface area contributed by atoms with Crippen LogP contribution in [0, 0.1) is 23.7 Å². The summed E-state index contributed by atoms with van der Waals surface area (Å²) in [5.74, 6) is 0. The SMILES string of the molecule is Cc1ccc(CNCCCCC(C)(C)C#N)cc1. The van der Waals surface area contributed by atoms with Gasteiger partial charge >= 0.3 is 0 Å². The molecule has 0 aliphatic heterocycles. The fraction of sp³-hybridized carbons (Fsp3) is 0.562. The van der Waals surface area contributed by atoms with Crippen molar-refractivity contribution in [2.75, 3.05) is 6.54 Å². The Kier molecular flexibility index (Phi) is 5.88. The van der Waals surface area contributed by atoms with Crippen molar-refractivity contribution in [2.45, 2.75) is 46.6 Å². The van der Waals surface area contributed by atoms with Gasteiger partial charge in [-0.05, 0) is 45.7 Å². The highest BCUT2D eigenvalue weighted by molar-refractivity contribution is 5.20. The van der Waals surface area contributed by atoms with Crippen molar-refractivity contribution in [2.24, 2.45) is 5.41 Å². The molecule has 1 aromatic rings. The third-order valence-corrected chi connectivity index (χ3v) is 3.16. The van der Waals surface area contributed by atoms with Gasteiger partial charge in [0, 0.05) is 6.54 Å². The quantitative estimate of drug-likeness (QED) is 0.740. The topological polar surface area (TPSA) is 35.8 Å². The predicted molar refractivity (Wildman–Crippen MR) is 76.1 cm³/mol. The van der Waals surface area contributed by atoms with E-state index >= 15 is 0 Å². The number of hydrogen-bond acceptors (Lipinski definition) is 2. The number of nitriles is 1. The average Bonchev–Trinajstić information content (AvgIpc) is 2.36. The van der Waals surface area contributed by atoms with Crippen LogP contribution in [0.2, 0.25) is 0 Å². The molecule has 0 fully saturated rings. The van der Waals surface area contributed by atoms with Gasteiger partial charge in [0.05, 0.1) is 11.5 Å². The second-order valence-corrected chi connectivity index (χ2v) is 5.62. The number of unbranched alkanes of at least 4 members (excludes halogenated alkanes) is 1. The number of hydrogen-bond donors (Lipinski definition) is 1. The van der Waals surface area contributed by atoms with Crippen LogP contribution in [-0.2, 0) is 6.54 Å². The molecule has 0 saturated carbocycles. The van der Waals surface area contributed by atoms with Crippen LogP contribution in [0.5, 0.6) is 0 Å². The van der Waals surface area contributed by atoms with Gasteiger partial charge in [-0.2, -0.15) is 5.26 Å². The molecule has 18 heavy (non-hydrogen) atoms. The van der Waals surface area contributed by atoms with E-state index in [2.05, 4.69) is 42.6 Å². The zero-order valence-electron chi connectivity index (χ0n) is 11.8. The number of aryl methyl sites for hydroxylation is 1. The Labute approximate surface area is 111 Å². The van der Waals surface area contributed by atoms with E-state index in [4.69, 9.17) is 5.26 Å². The number of nitrogens with zero attached hydrogens (tertiary/aromatic N) is 1. The Hall–Kier alpha value is -1.33. The van der Waals surface area contributed by atoms with Crippen molar-refractivity contribution in [3.8, 4) is 6.07 Å². The van der Waals surface area contributed by atoms with Gasteiger partial charge in [0.2, 0.25) is 0 Å². The van der Waals surface area contributed by atoms with Crippen molar-refractivity contribution >= 4 is 0 Å². The van der Waals surface area contributed by atoms with Gasteiger partial charge in [0.15, 0.2) is 0 Å². The molecule has 0 saturated heterocycles. The molecule has 2 heteroatoms. The van der Waals surface area contributed by atoms with Crippen LogP contribution in [0.25, 0.3) is 0 Å². The smallest absolute Gasteiger partial charge is 0.0683 e. The van der Waals surface area contributed by atoms with E-state index in [0.29, 0.717) is 0 Å². The summed E-state index contributed by atoms with van der Waals surface area (Å²) < 4.78 is 0. The van der Waals surface area contributed by atoms with Crippen LogP contribution in [0.15, 0.2) is 24.3 Å². The lowest BCUT2D eigenvalue weighted by Gasteiger charge is -2.14. The van der Waals surface area contributed by atoms with E-state index in [9.17, 15) is 0 Å². The van der Waals surface area contributed by atoms with Crippen molar-refractivity contribution in [1.82, 2.24) is 5.32 Å². The van der Waals surface area contributed by atoms with Gasteiger partial charge in [-0.15, -0.1) is 0 Å². The fourth-order valence-corrected chi connectivity index (χ4v) is 1.81. The molecule has 0 amide bonds. The molecule has 0 aromatic heterocycles. The van der Waals surface area contributed by atoms with Crippen molar-refractivity contribution < 1.29 is 0 Å². The van der Waals surface area contributed by atoms with Crippen molar-refractivity contribution in [3.05, 3.63) is 35.4 Å². The summed E-state index contributed by atoms with van der Waals surface area (Å²) in [7, 11) is 0. The second kappa shape index (κ2) is 7.18. The van der Waals surface area contributed by atoms with Crippen molar-refractivity contribution in [3.63, 3.8) is 0 Å². The molecule has 0 aliphatic rings. The van der Waals surface area contributed by atoms with E-state index < -0.39 is 0 Å². The van der Waals surface area contributed by atoms with Crippen molar-refractivity contribution in [1.29, 1.82) is 5.26 Å². The van der Waals surface area contributed by atoms with Gasteiger partial charge in [0.1, 0.15) is 0 Å². The maximum absolute atomic E-state index is 8.90. The molecular formula is C16H24N2. The van der Waals surface area contributed by atoms with Crippen LogP contribution in [-0.4, -0.2) is 6.54 Å². The van der Waals surface area contributed by atoms with Crippen LogP contribution in [0.4, 0.5) is 0 Å². The van der Waals surface area contributed by atoms with E-state index in [1.807, 2.05) is 13.8 Å². The Morgan fingerprint density at radius 3 is 2.44 bits per heavy atom. The standard InChI is InChI=1S/C16H24N2/c1-14-6-8-15(9-7-14)12-18-11-5-4-10-16(2,3)13-17/h6-9,18H,4-5,10-12H2,1-3H3. The first-order valence-electron chi connectivity index (χ1n) is 6.71. The summed E-state index contributed by atoms with van der Waals surface area (Å²) in [5, 5.41) is 12.3. The van der Waals surface area contributed by atoms with Gasteiger partial charge < -0.3 is 5.32 Å². The monoisotopic (exact) mass is 244 g/mol. The normalized spacial score (nSPS) is 11.2. The van der Waals surface area contributed by atoms with Gasteiger partial charge in [-0.3, -0.25) is 0 Å². The van der Waals surface area contributed by atoms with Gasteiger partial charge in [-0.25, -0.2) is 0 Å². The summed E-state index contributed by atoms with van der Waals surface area (Å²) in [6.45, 7) is 8.07. The maximum atomic E-state index is 8.90. The Morgan fingerprint density at radius 2 is 1.83 bits per heavy atom. The first-order chi connectivity index (χ1) is 8.53. The molecule has 1 aromatic carbocycles. The maximum Gasteiger partial charge on any atom is 0.0683 e. The molecule has 98 valence electrons. The minimum absolute atomic E-state index is 0.170. The van der Waals surface area contributed by atoms with E-state index in [1.165, 1.54) is 11.1 Å². The third-order valence-electron chi connectivity index (χ3n) is 3.16. The molecule has 1 N–H and O–H groups in total. The Balaban J connectivity index is 2.09. The fourth-order valence-electron chi connectivity index (χ4n) is 1.81. The second-order valence-electron chi connectivity index (χ2n) is 5.62. The first-order valence-corrected chi connectivity index (χ1v) is 6.71. The molecule has 0 spiro atoms. The van der Waals surface area contributed by atoms with Crippen LogP contribution < -0.4 is 5.32 Å². The molecular weight excluding hydrogens is 220 g/mol. The number of benzene rings is 1. The lowest BCUT2D eigenvalue weighted by molar-refractivity contribution is 0.422. The summed E-state index contributed by atoms with van der Waals surface area (Å²) >= 11 is 0. The Bertz CT molecular complexity index is 385. The number of rotatable bonds is 7. The Morgan fingerprint density at radius 1 is 1.17 bits per heavy atom. The van der Waals surface area contributed by atoms with Gasteiger partial charge in [-0.1, -0.05) is 36.2 Å². The van der Waals surface area contributed by atoms with Crippen LogP contribution in [0.3, 0.4) is 0 Å². The predicted octanol–water partition coefficient (Wildman–Crippen LogP) is 3.80. The number of nitrogens with one attached hydrogen (secondary N) is 1. The molecule has 0 heterocycles. The largest absolute Gasteiger partial charge is 0.313 e. The first kappa shape index (κ1) is 14.7. The minimum Gasteiger partial charge on any atom is -0.313 e. The van der Waals surface area contributed by atoms with Crippen LogP contribution >= 0.6 is 0 Å². The molecule has 0 atom stereocenters. The lowest BCUT2D eigenvalue weighted by Crippen LogP contribution is -2.15. The molecule has 0 unspecified atom stereocenters. The van der Waals surface area contributed by atoms with Gasteiger partial charge in [0.25, 0.3) is 0 Å². The molecule has 0 radical (unpaired) electrons. The molecule has 0 aliphatic carbocycles. The lowest BCUT2D eigenvalue weighted by atomic mass is 9.89. The summed E-state index contributed by atoms with van der Waals surface area (Å²) in [6.07, 6.45) is 3.23. The zero-order valence-corrected chi connectivity index (χ0v) is 11.8. The summed E-state index contributed by atoms with van der Waals surface area (Å²) in [4.78, 5) is 0. The summed E-state index contributed by atoms with van der Waals surface area (Å²) in [6, 6.07) is 11.0. The highest BCUT2D eigenvalue weighted by Gasteiger charge is 2.14. The third kappa shape index (κ3) is 5.84. The molecule has 0 bridgehead atoms. The van der Waals surface area contributed by atoms with E-state index in [-0.39, 0.29) is 5.41 Å². The highest BCUT2D eigenvalue weighted by Crippen LogP contribution is 2.21. The highest BCUT2D eigenvalue weighted by atomic mass is 14.8. The average molecular weight is 244 g/mol. The molecule has 2 nitrogen and oxygen atoms in total. The molecule has 1 rings (SSSR count). The zero-order chi connectivity index (χ0) is 13.4. The summed E-state index contributed by atoms with van der Waals surface area (Å²) in [5.41, 5.74) is 2.46. The minimum atomic E-state index is -0.170. The van der Waals surface area contributed by atoms with E-state index in [1.54, 1.807) is 0 Å².